The number of carbonyl (C=O) groups is 1. The molecule has 0 bridgehead atoms. The van der Waals surface area contributed by atoms with Crippen molar-refractivity contribution in [1.82, 2.24) is 3.97 Å². The maximum atomic E-state index is 14.1. The number of benzene rings is 2. The van der Waals surface area contributed by atoms with Crippen LogP contribution in [-0.4, -0.2) is 25.5 Å². The zero-order valence-electron chi connectivity index (χ0n) is 18.1. The van der Waals surface area contributed by atoms with Crippen LogP contribution in [0.1, 0.15) is 15.2 Å². The molecule has 0 fully saturated rings. The van der Waals surface area contributed by atoms with E-state index in [1.165, 1.54) is 64.1 Å². The number of methoxy groups -OCH3 is 1. The summed E-state index contributed by atoms with van der Waals surface area (Å²) in [5.41, 5.74) is 2.22. The van der Waals surface area contributed by atoms with E-state index in [-0.39, 0.29) is 10.5 Å². The third-order valence-corrected chi connectivity index (χ3v) is 9.16. The quantitative estimate of drug-likeness (QED) is 0.234. The number of thiophene rings is 2. The van der Waals surface area contributed by atoms with Crippen molar-refractivity contribution in [2.24, 2.45) is 0 Å². The predicted octanol–water partition coefficient (Wildman–Crippen LogP) is 6.65. The molecule has 6 nitrogen and oxygen atoms in total. The highest BCUT2D eigenvalue weighted by Gasteiger charge is 2.30. The molecular formula is C25H15ClN2O4S3. The monoisotopic (exact) mass is 538 g/mol. The first-order valence-corrected chi connectivity index (χ1v) is 13.7. The van der Waals surface area contributed by atoms with Gasteiger partial charge in [-0.05, 0) is 65.4 Å². The summed E-state index contributed by atoms with van der Waals surface area (Å²) in [4.78, 5) is 13.5. The van der Waals surface area contributed by atoms with Gasteiger partial charge in [0.25, 0.3) is 10.0 Å². The van der Waals surface area contributed by atoms with Gasteiger partial charge in [-0.25, -0.2) is 17.2 Å². The second-order valence-corrected chi connectivity index (χ2v) is 11.5. The van der Waals surface area contributed by atoms with Crippen LogP contribution in [0.4, 0.5) is 0 Å². The molecule has 0 N–H and O–H groups in total. The van der Waals surface area contributed by atoms with Crippen LogP contribution in [0.3, 0.4) is 0 Å². The third-order valence-electron chi connectivity index (χ3n) is 5.49. The lowest BCUT2D eigenvalue weighted by atomic mass is 10.0. The minimum atomic E-state index is -4.10. The summed E-state index contributed by atoms with van der Waals surface area (Å²) < 4.78 is 34.3. The van der Waals surface area contributed by atoms with Gasteiger partial charge in [-0.2, -0.15) is 5.26 Å². The fraction of sp³-hybridized carbons (Fsp3) is 0.0400. The Morgan fingerprint density at radius 3 is 2.49 bits per heavy atom. The van der Waals surface area contributed by atoms with Crippen LogP contribution in [0.15, 0.2) is 76.3 Å². The average Bonchev–Trinajstić information content (AvgIpc) is 3.61. The summed E-state index contributed by atoms with van der Waals surface area (Å²) in [6.07, 6.45) is 0. The molecular weight excluding hydrogens is 524 g/mol. The number of hydrogen-bond donors (Lipinski definition) is 0. The molecule has 2 aromatic carbocycles. The number of fused-ring (bicyclic) bond motifs is 1. The van der Waals surface area contributed by atoms with E-state index in [2.05, 4.69) is 6.07 Å². The molecule has 0 aliphatic carbocycles. The topological polar surface area (TPSA) is 89.2 Å². The summed E-state index contributed by atoms with van der Waals surface area (Å²) in [5.74, 6) is -0.547. The molecule has 3 aromatic heterocycles. The summed E-state index contributed by atoms with van der Waals surface area (Å²) in [6, 6.07) is 18.3. The first-order valence-electron chi connectivity index (χ1n) is 10.2. The van der Waals surface area contributed by atoms with Crippen LogP contribution in [-0.2, 0) is 14.8 Å². The van der Waals surface area contributed by atoms with E-state index in [4.69, 9.17) is 16.3 Å². The Balaban J connectivity index is 1.97. The van der Waals surface area contributed by atoms with E-state index in [0.29, 0.717) is 42.5 Å². The largest absolute Gasteiger partial charge is 0.465 e. The number of hydrogen-bond acceptors (Lipinski definition) is 7. The van der Waals surface area contributed by atoms with E-state index in [1.807, 2.05) is 17.5 Å². The molecule has 0 radical (unpaired) electrons. The van der Waals surface area contributed by atoms with Gasteiger partial charge in [-0.3, -0.25) is 0 Å². The van der Waals surface area contributed by atoms with Gasteiger partial charge in [0.1, 0.15) is 10.9 Å². The van der Waals surface area contributed by atoms with Crippen molar-refractivity contribution in [2.45, 2.75) is 4.90 Å². The van der Waals surface area contributed by atoms with E-state index in [0.717, 1.165) is 0 Å². The van der Waals surface area contributed by atoms with Crippen molar-refractivity contribution in [3.8, 4) is 27.8 Å². The molecule has 0 saturated carbocycles. The van der Waals surface area contributed by atoms with Gasteiger partial charge in [-0.15, -0.1) is 22.7 Å². The molecule has 0 aliphatic rings. The first-order chi connectivity index (χ1) is 16.9. The van der Waals surface area contributed by atoms with E-state index >= 15 is 0 Å². The van der Waals surface area contributed by atoms with Gasteiger partial charge >= 0.3 is 5.97 Å². The Hall–Kier alpha value is -3.42. The number of ether oxygens (including phenoxy) is 1. The molecule has 0 unspecified atom stereocenters. The van der Waals surface area contributed by atoms with Crippen molar-refractivity contribution >= 4 is 61.2 Å². The lowest BCUT2D eigenvalue weighted by Crippen LogP contribution is -2.14. The van der Waals surface area contributed by atoms with Crippen LogP contribution < -0.4 is 0 Å². The predicted molar refractivity (Wildman–Crippen MR) is 139 cm³/mol. The highest BCUT2D eigenvalue weighted by atomic mass is 35.5. The Bertz CT molecular complexity index is 1730. The molecule has 3 heterocycles. The maximum Gasteiger partial charge on any atom is 0.337 e. The highest BCUT2D eigenvalue weighted by molar-refractivity contribution is 7.90. The number of carbonyl (C=O) groups excluding carboxylic acids is 1. The van der Waals surface area contributed by atoms with Crippen molar-refractivity contribution in [1.29, 1.82) is 5.26 Å². The van der Waals surface area contributed by atoms with Gasteiger partial charge in [-0.1, -0.05) is 17.7 Å². The fourth-order valence-corrected chi connectivity index (χ4v) is 7.15. The van der Waals surface area contributed by atoms with Crippen molar-refractivity contribution in [2.75, 3.05) is 7.11 Å². The summed E-state index contributed by atoms with van der Waals surface area (Å²) in [6.45, 7) is 0. The minimum Gasteiger partial charge on any atom is -0.465 e. The molecule has 0 saturated heterocycles. The van der Waals surface area contributed by atoms with Gasteiger partial charge in [0.2, 0.25) is 0 Å². The number of rotatable bonds is 5. The normalized spacial score (nSPS) is 11.5. The molecule has 5 rings (SSSR count). The van der Waals surface area contributed by atoms with Crippen LogP contribution in [0.5, 0.6) is 0 Å². The Kier molecular flexibility index (Phi) is 5.99. The van der Waals surface area contributed by atoms with E-state index in [1.54, 1.807) is 23.6 Å². The molecule has 0 atom stereocenters. The summed E-state index contributed by atoms with van der Waals surface area (Å²) >= 11 is 8.66. The zero-order chi connectivity index (χ0) is 24.7. The van der Waals surface area contributed by atoms with Gasteiger partial charge in [0.15, 0.2) is 0 Å². The molecule has 10 heteroatoms. The van der Waals surface area contributed by atoms with Crippen molar-refractivity contribution < 1.29 is 17.9 Å². The average molecular weight is 539 g/mol. The second kappa shape index (κ2) is 8.98. The van der Waals surface area contributed by atoms with Gasteiger partial charge in [0.05, 0.1) is 33.7 Å². The first kappa shape index (κ1) is 23.3. The number of nitrogens with zero attached hydrogens (tertiary/aromatic N) is 2. The van der Waals surface area contributed by atoms with E-state index < -0.39 is 16.0 Å². The zero-order valence-corrected chi connectivity index (χ0v) is 21.3. The third kappa shape index (κ3) is 3.85. The summed E-state index contributed by atoms with van der Waals surface area (Å²) in [7, 11) is -2.81. The minimum absolute atomic E-state index is 0.0611. The SMILES string of the molecule is COC(=O)c1ccc2c(c1)c(-c1ccsc1C#N)c(-c1cccs1)n2S(=O)(=O)c1ccc(Cl)cc1. The number of halogens is 1. The molecule has 174 valence electrons. The standard InChI is InChI=1S/C25H15ClN2O4S3/c1-32-25(29)15-4-9-20-19(13-15)23(18-10-12-34-22(18)14-27)24(21-3-2-11-33-21)28(20)35(30,31)17-7-5-16(26)6-8-17/h2-13H,1H3. The van der Waals surface area contributed by atoms with E-state index in [9.17, 15) is 18.5 Å². The molecule has 0 amide bonds. The maximum absolute atomic E-state index is 14.1. The number of nitriles is 1. The molecule has 35 heavy (non-hydrogen) atoms. The second-order valence-electron chi connectivity index (χ2n) is 7.42. The lowest BCUT2D eigenvalue weighted by Gasteiger charge is -2.12. The van der Waals surface area contributed by atoms with Gasteiger partial charge in [0, 0.05) is 21.5 Å². The smallest absolute Gasteiger partial charge is 0.337 e. The Morgan fingerprint density at radius 2 is 1.83 bits per heavy atom. The molecule has 5 aromatic rings. The van der Waals surface area contributed by atoms with Gasteiger partial charge < -0.3 is 4.74 Å². The molecule has 0 aliphatic heterocycles. The fourth-order valence-electron chi connectivity index (χ4n) is 3.97. The number of esters is 1. The van der Waals surface area contributed by atoms with Crippen LogP contribution in [0, 0.1) is 11.3 Å². The van der Waals surface area contributed by atoms with Crippen LogP contribution >= 0.6 is 34.3 Å². The number of aromatic nitrogens is 1. The Labute approximate surface area is 214 Å². The molecule has 0 spiro atoms. The highest BCUT2D eigenvalue weighted by Crippen LogP contribution is 2.46. The summed E-state index contributed by atoms with van der Waals surface area (Å²) in [5, 5.41) is 14.3. The van der Waals surface area contributed by atoms with Crippen molar-refractivity contribution in [3.63, 3.8) is 0 Å². The Morgan fingerprint density at radius 1 is 1.06 bits per heavy atom. The van der Waals surface area contributed by atoms with Crippen LogP contribution in [0.2, 0.25) is 5.02 Å². The van der Waals surface area contributed by atoms with Crippen molar-refractivity contribution in [3.05, 3.63) is 86.9 Å². The lowest BCUT2D eigenvalue weighted by molar-refractivity contribution is 0.0601. The van der Waals surface area contributed by atoms with Crippen LogP contribution in [0.25, 0.3) is 32.6 Å².